The average Bonchev–Trinajstić information content (AvgIpc) is 2.61. The molecule has 0 atom stereocenters. The van der Waals surface area contributed by atoms with Crippen molar-refractivity contribution in [2.75, 3.05) is 10.6 Å². The monoisotopic (exact) mass is 310 g/mol. The summed E-state index contributed by atoms with van der Waals surface area (Å²) < 4.78 is 13.6. The van der Waals surface area contributed by atoms with Crippen LogP contribution in [0, 0.1) is 5.82 Å². The largest absolute Gasteiger partial charge is 0.364 e. The van der Waals surface area contributed by atoms with Gasteiger partial charge in [-0.1, -0.05) is 24.3 Å². The molecule has 0 aliphatic heterocycles. The smallest absolute Gasteiger partial charge is 0.245 e. The summed E-state index contributed by atoms with van der Waals surface area (Å²) in [6.07, 6.45) is 3.22. The predicted octanol–water partition coefficient (Wildman–Crippen LogP) is 2.63. The summed E-state index contributed by atoms with van der Waals surface area (Å²) in [5, 5.41) is 13.9. The van der Waals surface area contributed by atoms with Crippen molar-refractivity contribution in [3.05, 3.63) is 71.9 Å². The fraction of sp³-hybridized carbons (Fsp3) is 0.125. The van der Waals surface area contributed by atoms with Gasteiger partial charge in [0.2, 0.25) is 5.95 Å². The van der Waals surface area contributed by atoms with Crippen molar-refractivity contribution in [3.8, 4) is 0 Å². The van der Waals surface area contributed by atoms with E-state index in [2.05, 4.69) is 30.8 Å². The number of nitrogens with one attached hydrogen (secondary N) is 2. The molecule has 0 spiro atoms. The molecule has 2 N–H and O–H groups in total. The van der Waals surface area contributed by atoms with Gasteiger partial charge < -0.3 is 10.6 Å². The van der Waals surface area contributed by atoms with Gasteiger partial charge in [0.15, 0.2) is 5.82 Å². The molecule has 0 saturated carbocycles. The molecule has 2 aromatic heterocycles. The number of pyridine rings is 1. The van der Waals surface area contributed by atoms with Crippen LogP contribution in [0.4, 0.5) is 16.2 Å². The second-order valence-corrected chi connectivity index (χ2v) is 4.78. The third kappa shape index (κ3) is 4.19. The standard InChI is InChI=1S/C16H15FN6/c17-14-7-2-1-5-12(14)9-19-15-11-21-23-16(22-15)20-10-13-6-3-4-8-18-13/h1-8,11H,9-10H2,(H2,19,20,22,23). The Bertz CT molecular complexity index is 765. The van der Waals surface area contributed by atoms with Crippen molar-refractivity contribution in [1.82, 2.24) is 20.2 Å². The van der Waals surface area contributed by atoms with E-state index >= 15 is 0 Å². The molecule has 2 heterocycles. The van der Waals surface area contributed by atoms with Gasteiger partial charge in [0.25, 0.3) is 0 Å². The van der Waals surface area contributed by atoms with E-state index in [0.29, 0.717) is 30.4 Å². The summed E-state index contributed by atoms with van der Waals surface area (Å²) in [4.78, 5) is 8.49. The van der Waals surface area contributed by atoms with Crippen LogP contribution in [0.2, 0.25) is 0 Å². The fourth-order valence-electron chi connectivity index (χ4n) is 1.96. The van der Waals surface area contributed by atoms with Gasteiger partial charge in [0, 0.05) is 18.3 Å². The molecular formula is C16H15FN6. The molecule has 0 amide bonds. The zero-order valence-corrected chi connectivity index (χ0v) is 12.3. The number of aromatic nitrogens is 4. The Kier molecular flexibility index (Phi) is 4.68. The van der Waals surface area contributed by atoms with Crippen molar-refractivity contribution in [2.45, 2.75) is 13.1 Å². The number of nitrogens with zero attached hydrogens (tertiary/aromatic N) is 4. The van der Waals surface area contributed by atoms with Crippen molar-refractivity contribution in [3.63, 3.8) is 0 Å². The molecular weight excluding hydrogens is 295 g/mol. The van der Waals surface area contributed by atoms with E-state index in [-0.39, 0.29) is 5.82 Å². The predicted molar refractivity (Wildman–Crippen MR) is 85.1 cm³/mol. The normalized spacial score (nSPS) is 10.3. The molecule has 0 bridgehead atoms. The molecule has 3 aromatic rings. The lowest BCUT2D eigenvalue weighted by molar-refractivity contribution is 0.613. The first-order valence-electron chi connectivity index (χ1n) is 7.12. The number of hydrogen-bond donors (Lipinski definition) is 2. The van der Waals surface area contributed by atoms with Gasteiger partial charge in [0.05, 0.1) is 18.4 Å². The number of benzene rings is 1. The van der Waals surface area contributed by atoms with E-state index in [1.807, 2.05) is 18.2 Å². The summed E-state index contributed by atoms with van der Waals surface area (Å²) in [7, 11) is 0. The van der Waals surface area contributed by atoms with Gasteiger partial charge in [-0.3, -0.25) is 4.98 Å². The van der Waals surface area contributed by atoms with Gasteiger partial charge in [0.1, 0.15) is 5.82 Å². The Morgan fingerprint density at radius 2 is 1.83 bits per heavy atom. The lowest BCUT2D eigenvalue weighted by Crippen LogP contribution is -2.09. The highest BCUT2D eigenvalue weighted by Crippen LogP contribution is 2.10. The Balaban J connectivity index is 1.60. The van der Waals surface area contributed by atoms with Crippen LogP contribution in [-0.2, 0) is 13.1 Å². The molecule has 0 saturated heterocycles. The van der Waals surface area contributed by atoms with E-state index in [1.165, 1.54) is 12.3 Å². The summed E-state index contributed by atoms with van der Waals surface area (Å²) >= 11 is 0. The topological polar surface area (TPSA) is 75.6 Å². The average molecular weight is 310 g/mol. The van der Waals surface area contributed by atoms with Gasteiger partial charge >= 0.3 is 0 Å². The summed E-state index contributed by atoms with van der Waals surface area (Å²) in [5.41, 5.74) is 1.44. The van der Waals surface area contributed by atoms with E-state index < -0.39 is 0 Å². The van der Waals surface area contributed by atoms with E-state index in [0.717, 1.165) is 5.69 Å². The molecule has 7 heteroatoms. The van der Waals surface area contributed by atoms with E-state index in [4.69, 9.17) is 0 Å². The van der Waals surface area contributed by atoms with Crippen LogP contribution < -0.4 is 10.6 Å². The second-order valence-electron chi connectivity index (χ2n) is 4.78. The van der Waals surface area contributed by atoms with Crippen LogP contribution in [0.25, 0.3) is 0 Å². The number of rotatable bonds is 6. The maximum absolute atomic E-state index is 13.6. The second kappa shape index (κ2) is 7.26. The van der Waals surface area contributed by atoms with Gasteiger partial charge in [-0.2, -0.15) is 10.1 Å². The molecule has 0 radical (unpaired) electrons. The van der Waals surface area contributed by atoms with Gasteiger partial charge in [-0.25, -0.2) is 4.39 Å². The van der Waals surface area contributed by atoms with Crippen LogP contribution in [-0.4, -0.2) is 20.2 Å². The highest BCUT2D eigenvalue weighted by Gasteiger charge is 2.03. The lowest BCUT2D eigenvalue weighted by Gasteiger charge is -2.08. The van der Waals surface area contributed by atoms with Crippen LogP contribution >= 0.6 is 0 Å². The molecule has 3 rings (SSSR count). The third-order valence-electron chi connectivity index (χ3n) is 3.13. The number of halogens is 1. The van der Waals surface area contributed by atoms with Gasteiger partial charge in [-0.15, -0.1) is 5.10 Å². The van der Waals surface area contributed by atoms with E-state index in [1.54, 1.807) is 24.4 Å². The first-order valence-corrected chi connectivity index (χ1v) is 7.12. The summed E-state index contributed by atoms with van der Waals surface area (Å²) in [6.45, 7) is 0.824. The first kappa shape index (κ1) is 14.8. The Morgan fingerprint density at radius 3 is 2.65 bits per heavy atom. The minimum absolute atomic E-state index is 0.254. The van der Waals surface area contributed by atoms with Crippen LogP contribution in [0.15, 0.2) is 54.9 Å². The molecule has 1 aromatic carbocycles. The van der Waals surface area contributed by atoms with Crippen LogP contribution in [0.5, 0.6) is 0 Å². The van der Waals surface area contributed by atoms with E-state index in [9.17, 15) is 4.39 Å². The quantitative estimate of drug-likeness (QED) is 0.729. The van der Waals surface area contributed by atoms with Crippen molar-refractivity contribution >= 4 is 11.8 Å². The Morgan fingerprint density at radius 1 is 0.957 bits per heavy atom. The minimum atomic E-state index is -0.254. The molecule has 23 heavy (non-hydrogen) atoms. The Labute approximate surface area is 132 Å². The first-order chi connectivity index (χ1) is 11.3. The molecule has 0 fully saturated rings. The highest BCUT2D eigenvalue weighted by atomic mass is 19.1. The van der Waals surface area contributed by atoms with Crippen LogP contribution in [0.3, 0.4) is 0 Å². The molecule has 116 valence electrons. The zero-order chi connectivity index (χ0) is 15.9. The molecule has 0 unspecified atom stereocenters. The summed E-state index contributed by atoms with van der Waals surface area (Å²) in [6, 6.07) is 12.3. The fourth-order valence-corrected chi connectivity index (χ4v) is 1.96. The molecule has 0 aliphatic carbocycles. The summed E-state index contributed by atoms with van der Waals surface area (Å²) in [5.74, 6) is 0.650. The van der Waals surface area contributed by atoms with Crippen molar-refractivity contribution < 1.29 is 4.39 Å². The molecule has 6 nitrogen and oxygen atoms in total. The van der Waals surface area contributed by atoms with Crippen molar-refractivity contribution in [1.29, 1.82) is 0 Å². The SMILES string of the molecule is Fc1ccccc1CNc1cnnc(NCc2ccccn2)n1. The maximum atomic E-state index is 13.6. The zero-order valence-electron chi connectivity index (χ0n) is 12.3. The van der Waals surface area contributed by atoms with Gasteiger partial charge in [-0.05, 0) is 18.2 Å². The maximum Gasteiger partial charge on any atom is 0.245 e. The Hall–Kier alpha value is -3.09. The highest BCUT2D eigenvalue weighted by molar-refractivity contribution is 5.38. The third-order valence-corrected chi connectivity index (χ3v) is 3.13. The number of hydrogen-bond acceptors (Lipinski definition) is 6. The van der Waals surface area contributed by atoms with Crippen molar-refractivity contribution in [2.24, 2.45) is 0 Å². The lowest BCUT2D eigenvalue weighted by atomic mass is 10.2. The number of anilines is 2. The van der Waals surface area contributed by atoms with Crippen LogP contribution in [0.1, 0.15) is 11.3 Å². The minimum Gasteiger partial charge on any atom is -0.364 e. The molecule has 0 aliphatic rings.